The molecule has 2 saturated heterocycles. The number of hydrogen-bond acceptors (Lipinski definition) is 5. The van der Waals surface area contributed by atoms with E-state index in [4.69, 9.17) is 9.26 Å². The summed E-state index contributed by atoms with van der Waals surface area (Å²) < 4.78 is 10.9. The number of rotatable bonds is 3. The van der Waals surface area contributed by atoms with Crippen molar-refractivity contribution in [2.75, 3.05) is 26.2 Å². The third-order valence-corrected chi connectivity index (χ3v) is 4.78. The zero-order chi connectivity index (χ0) is 16.5. The summed E-state index contributed by atoms with van der Waals surface area (Å²) in [4.78, 5) is 16.8. The van der Waals surface area contributed by atoms with Gasteiger partial charge in [0, 0.05) is 32.2 Å². The molecule has 126 valence electrons. The predicted molar refractivity (Wildman–Crippen MR) is 87.5 cm³/mol. The summed E-state index contributed by atoms with van der Waals surface area (Å²) in [6, 6.07) is 12.3. The van der Waals surface area contributed by atoms with Crippen molar-refractivity contribution in [2.45, 2.75) is 25.6 Å². The predicted octanol–water partition coefficient (Wildman–Crippen LogP) is 1.71. The van der Waals surface area contributed by atoms with Crippen LogP contribution >= 0.6 is 0 Å². The van der Waals surface area contributed by atoms with E-state index in [1.165, 1.54) is 5.56 Å². The van der Waals surface area contributed by atoms with Crippen LogP contribution < -0.4 is 0 Å². The summed E-state index contributed by atoms with van der Waals surface area (Å²) in [5, 5.41) is 3.84. The van der Waals surface area contributed by atoms with E-state index >= 15 is 0 Å². The minimum Gasteiger partial charge on any atom is -0.373 e. The molecule has 1 aromatic heterocycles. The maximum Gasteiger partial charge on any atom is 0.276 e. The average molecular weight is 327 g/mol. The first kappa shape index (κ1) is 15.4. The molecule has 4 rings (SSSR count). The molecule has 6 nitrogen and oxygen atoms in total. The fourth-order valence-electron chi connectivity index (χ4n) is 3.57. The Labute approximate surface area is 141 Å². The summed E-state index contributed by atoms with van der Waals surface area (Å²) >= 11 is 0. The van der Waals surface area contributed by atoms with E-state index in [0.717, 1.165) is 13.1 Å². The van der Waals surface area contributed by atoms with E-state index in [1.54, 1.807) is 13.0 Å². The molecule has 2 aliphatic rings. The number of aromatic nitrogens is 1. The Kier molecular flexibility index (Phi) is 4.08. The summed E-state index contributed by atoms with van der Waals surface area (Å²) in [5.74, 6) is 0.571. The number of fused-ring (bicyclic) bond motifs is 1. The van der Waals surface area contributed by atoms with Crippen LogP contribution in [0.2, 0.25) is 0 Å². The van der Waals surface area contributed by atoms with Crippen molar-refractivity contribution in [1.29, 1.82) is 0 Å². The number of morpholine rings is 1. The molecule has 0 radical (unpaired) electrons. The summed E-state index contributed by atoms with van der Waals surface area (Å²) in [7, 11) is 0. The van der Waals surface area contributed by atoms with Gasteiger partial charge in [0.2, 0.25) is 0 Å². The monoisotopic (exact) mass is 327 g/mol. The number of carbonyl (C=O) groups is 1. The molecule has 0 bridgehead atoms. The third-order valence-electron chi connectivity index (χ3n) is 4.78. The molecule has 2 fully saturated rings. The summed E-state index contributed by atoms with van der Waals surface area (Å²) in [6.07, 6.45) is 0.0689. The van der Waals surface area contributed by atoms with Gasteiger partial charge in [-0.15, -0.1) is 0 Å². The summed E-state index contributed by atoms with van der Waals surface area (Å²) in [5.41, 5.74) is 1.66. The second-order valence-corrected chi connectivity index (χ2v) is 6.47. The molecule has 2 aliphatic heterocycles. The smallest absolute Gasteiger partial charge is 0.276 e. The summed E-state index contributed by atoms with van der Waals surface area (Å²) in [6.45, 7) is 5.55. The highest BCUT2D eigenvalue weighted by molar-refractivity contribution is 5.92. The lowest BCUT2D eigenvalue weighted by atomic mass is 10.1. The lowest BCUT2D eigenvalue weighted by Gasteiger charge is -2.36. The lowest BCUT2D eigenvalue weighted by molar-refractivity contribution is -0.0503. The van der Waals surface area contributed by atoms with Gasteiger partial charge in [0.05, 0.1) is 18.8 Å². The van der Waals surface area contributed by atoms with Crippen LogP contribution in [0.4, 0.5) is 0 Å². The van der Waals surface area contributed by atoms with E-state index in [2.05, 4.69) is 34.3 Å². The Balaban J connectivity index is 1.47. The molecular weight excluding hydrogens is 306 g/mol. The second kappa shape index (κ2) is 6.37. The Morgan fingerprint density at radius 2 is 2.12 bits per heavy atom. The Morgan fingerprint density at radius 3 is 2.88 bits per heavy atom. The molecule has 2 atom stereocenters. The number of aryl methyl sites for hydroxylation is 1. The number of amides is 1. The van der Waals surface area contributed by atoms with Gasteiger partial charge in [-0.2, -0.15) is 0 Å². The van der Waals surface area contributed by atoms with Crippen molar-refractivity contribution in [3.05, 3.63) is 53.4 Å². The molecule has 3 heterocycles. The van der Waals surface area contributed by atoms with Gasteiger partial charge >= 0.3 is 0 Å². The maximum absolute atomic E-state index is 12.6. The van der Waals surface area contributed by atoms with Crippen LogP contribution in [0.25, 0.3) is 0 Å². The minimum absolute atomic E-state index is 0.0689. The fraction of sp³-hybridized carbons (Fsp3) is 0.444. The molecule has 6 heteroatoms. The highest BCUT2D eigenvalue weighted by Gasteiger charge is 2.42. The quantitative estimate of drug-likeness (QED) is 0.859. The fourth-order valence-corrected chi connectivity index (χ4v) is 3.57. The van der Waals surface area contributed by atoms with E-state index in [0.29, 0.717) is 31.2 Å². The Bertz CT molecular complexity index is 715. The number of ether oxygens (including phenoxy) is 1. The SMILES string of the molecule is Cc1cc(C(=O)N2C[C@H]3OCCN(Cc4ccccc4)[C@H]3C2)no1. The van der Waals surface area contributed by atoms with Crippen molar-refractivity contribution < 1.29 is 14.1 Å². The van der Waals surface area contributed by atoms with Crippen LogP contribution in [0.5, 0.6) is 0 Å². The maximum atomic E-state index is 12.6. The van der Waals surface area contributed by atoms with Crippen molar-refractivity contribution in [3.63, 3.8) is 0 Å². The van der Waals surface area contributed by atoms with Crippen molar-refractivity contribution in [1.82, 2.24) is 15.0 Å². The molecule has 1 amide bonds. The molecule has 0 N–H and O–H groups in total. The highest BCUT2D eigenvalue weighted by Crippen LogP contribution is 2.25. The molecule has 1 aromatic carbocycles. The zero-order valence-corrected chi connectivity index (χ0v) is 13.7. The molecule has 24 heavy (non-hydrogen) atoms. The second-order valence-electron chi connectivity index (χ2n) is 6.47. The van der Waals surface area contributed by atoms with Crippen molar-refractivity contribution in [2.24, 2.45) is 0 Å². The number of likely N-dealkylation sites (tertiary alicyclic amines) is 1. The number of carbonyl (C=O) groups excluding carboxylic acids is 1. The van der Waals surface area contributed by atoms with Gasteiger partial charge in [-0.25, -0.2) is 0 Å². The molecule has 0 aliphatic carbocycles. The van der Waals surface area contributed by atoms with Crippen LogP contribution in [0.3, 0.4) is 0 Å². The highest BCUT2D eigenvalue weighted by atomic mass is 16.5. The first-order chi connectivity index (χ1) is 11.7. The first-order valence-electron chi connectivity index (χ1n) is 8.33. The van der Waals surface area contributed by atoms with E-state index in [-0.39, 0.29) is 18.1 Å². The first-order valence-corrected chi connectivity index (χ1v) is 8.33. The van der Waals surface area contributed by atoms with Crippen LogP contribution in [0.15, 0.2) is 40.9 Å². The van der Waals surface area contributed by atoms with Gasteiger partial charge in [0.15, 0.2) is 5.69 Å². The number of benzene rings is 1. The average Bonchev–Trinajstić information content (AvgIpc) is 3.22. The van der Waals surface area contributed by atoms with E-state index < -0.39 is 0 Å². The Hall–Kier alpha value is -2.18. The lowest BCUT2D eigenvalue weighted by Crippen LogP contribution is -2.50. The van der Waals surface area contributed by atoms with Crippen molar-refractivity contribution >= 4 is 5.91 Å². The van der Waals surface area contributed by atoms with Crippen LogP contribution in [0.1, 0.15) is 21.8 Å². The standard InChI is InChI=1S/C18H21N3O3/c1-13-9-15(19-24-13)18(22)21-11-16-17(12-21)23-8-7-20(16)10-14-5-3-2-4-6-14/h2-6,9,16-17H,7-8,10-12H2,1H3/t16-,17+/m0/s1. The normalized spacial score (nSPS) is 24.1. The van der Waals surface area contributed by atoms with E-state index in [9.17, 15) is 4.79 Å². The van der Waals surface area contributed by atoms with Crippen molar-refractivity contribution in [3.8, 4) is 0 Å². The third kappa shape index (κ3) is 2.95. The molecule has 2 aromatic rings. The van der Waals surface area contributed by atoms with Gasteiger partial charge in [0.1, 0.15) is 5.76 Å². The van der Waals surface area contributed by atoms with Gasteiger partial charge in [0.25, 0.3) is 5.91 Å². The Morgan fingerprint density at radius 1 is 1.29 bits per heavy atom. The molecule has 0 saturated carbocycles. The van der Waals surface area contributed by atoms with Gasteiger partial charge in [-0.05, 0) is 12.5 Å². The number of hydrogen-bond donors (Lipinski definition) is 0. The topological polar surface area (TPSA) is 58.8 Å². The molecular formula is C18H21N3O3. The minimum atomic E-state index is -0.0792. The van der Waals surface area contributed by atoms with Crippen LogP contribution in [-0.2, 0) is 11.3 Å². The number of nitrogens with zero attached hydrogens (tertiary/aromatic N) is 3. The van der Waals surface area contributed by atoms with Crippen LogP contribution in [-0.4, -0.2) is 59.3 Å². The van der Waals surface area contributed by atoms with Gasteiger partial charge in [-0.3, -0.25) is 9.69 Å². The molecule has 0 unspecified atom stereocenters. The van der Waals surface area contributed by atoms with E-state index in [1.807, 2.05) is 11.0 Å². The van der Waals surface area contributed by atoms with Gasteiger partial charge < -0.3 is 14.2 Å². The molecule has 0 spiro atoms. The van der Waals surface area contributed by atoms with Gasteiger partial charge in [-0.1, -0.05) is 35.5 Å². The zero-order valence-electron chi connectivity index (χ0n) is 13.7. The van der Waals surface area contributed by atoms with Crippen LogP contribution in [0, 0.1) is 6.92 Å². The largest absolute Gasteiger partial charge is 0.373 e.